The number of ketones is 1. The van der Waals surface area contributed by atoms with Gasteiger partial charge >= 0.3 is 12.1 Å². The molecule has 1 atom stereocenters. The zero-order valence-corrected chi connectivity index (χ0v) is 22.0. The van der Waals surface area contributed by atoms with Gasteiger partial charge in [-0.25, -0.2) is 18.2 Å². The Bertz CT molecular complexity index is 1280. The average molecular weight is 580 g/mol. The predicted molar refractivity (Wildman–Crippen MR) is 134 cm³/mol. The van der Waals surface area contributed by atoms with Crippen LogP contribution in [0.4, 0.5) is 13.2 Å². The highest BCUT2D eigenvalue weighted by Crippen LogP contribution is 2.29. The molecule has 0 saturated heterocycles. The maximum absolute atomic E-state index is 12.8. The number of sulfonamides is 1. The molecule has 0 saturated carbocycles. The number of halogens is 4. The van der Waals surface area contributed by atoms with E-state index in [4.69, 9.17) is 21.5 Å². The molecule has 0 bridgehead atoms. The molecule has 0 unspecified atom stereocenters. The van der Waals surface area contributed by atoms with Crippen molar-refractivity contribution in [2.45, 2.75) is 55.5 Å². The number of Topliss-reactive ketones (excluding diaryl/α,β-unsaturated/α-hetero) is 1. The number of aromatic amines is 1. The Labute approximate surface area is 220 Å². The number of imidazole rings is 1. The number of nitrogens with one attached hydrogen (secondary N) is 2. The number of aromatic nitrogens is 2. The summed E-state index contributed by atoms with van der Waals surface area (Å²) in [5.41, 5.74) is 1.80. The molecule has 3 N–H and O–H groups in total. The first kappa shape index (κ1) is 30.5. The van der Waals surface area contributed by atoms with Gasteiger partial charge in [-0.2, -0.15) is 17.9 Å². The van der Waals surface area contributed by atoms with Crippen molar-refractivity contribution in [3.05, 3.63) is 58.8 Å². The maximum atomic E-state index is 12.8. The zero-order valence-electron chi connectivity index (χ0n) is 19.6. The number of H-pyrrole nitrogens is 1. The maximum Gasteiger partial charge on any atom is 0.490 e. The minimum Gasteiger partial charge on any atom is -0.475 e. The first-order valence-electron chi connectivity index (χ1n) is 11.0. The number of rotatable bonds is 11. The first-order valence-corrected chi connectivity index (χ1v) is 13.6. The van der Waals surface area contributed by atoms with Crippen LogP contribution in [0.3, 0.4) is 0 Å². The summed E-state index contributed by atoms with van der Waals surface area (Å²) in [4.78, 5) is 27.7. The number of carboxylic acid groups (broad SMARTS) is 1. The smallest absolute Gasteiger partial charge is 0.475 e. The molecule has 0 aliphatic carbocycles. The third-order valence-corrected chi connectivity index (χ3v) is 8.08. The Balaban J connectivity index is 0.000000604. The number of aliphatic carboxylic acids is 1. The van der Waals surface area contributed by atoms with Gasteiger partial charge in [0.15, 0.2) is 0 Å². The molecule has 0 spiro atoms. The largest absolute Gasteiger partial charge is 0.490 e. The number of hydrogen-bond acceptors (Lipinski definition) is 6. The summed E-state index contributed by atoms with van der Waals surface area (Å²) in [6, 6.07) is 12.3. The van der Waals surface area contributed by atoms with E-state index >= 15 is 0 Å². The summed E-state index contributed by atoms with van der Waals surface area (Å²) in [6.45, 7) is 1.58. The number of unbranched alkanes of at least 4 members (excludes halogenated alkanes) is 2. The fraction of sp³-hybridized carbons (Fsp3) is 0.348. The molecule has 2 heterocycles. The molecule has 8 nitrogen and oxygen atoms in total. The van der Waals surface area contributed by atoms with Crippen LogP contribution < -0.4 is 4.72 Å². The van der Waals surface area contributed by atoms with Crippen LogP contribution in [0.5, 0.6) is 0 Å². The van der Waals surface area contributed by atoms with Crippen LogP contribution in [0.2, 0.25) is 4.34 Å². The molecule has 3 aromatic rings. The number of alkyl halides is 3. The molecule has 0 aliphatic rings. The zero-order chi connectivity index (χ0) is 27.6. The molecule has 0 amide bonds. The lowest BCUT2D eigenvalue weighted by Gasteiger charge is -2.16. The van der Waals surface area contributed by atoms with Gasteiger partial charge in [0.1, 0.15) is 15.8 Å². The molecule has 0 fully saturated rings. The predicted octanol–water partition coefficient (Wildman–Crippen LogP) is 5.98. The van der Waals surface area contributed by atoms with Gasteiger partial charge in [0.05, 0.1) is 22.3 Å². The number of carboxylic acids is 1. The van der Waals surface area contributed by atoms with Crippen LogP contribution in [0.1, 0.15) is 50.9 Å². The van der Waals surface area contributed by atoms with Crippen LogP contribution in [-0.4, -0.2) is 41.4 Å². The van der Waals surface area contributed by atoms with Gasteiger partial charge in [0.2, 0.25) is 0 Å². The second kappa shape index (κ2) is 13.7. The van der Waals surface area contributed by atoms with E-state index in [0.717, 1.165) is 41.9 Å². The van der Waals surface area contributed by atoms with E-state index in [1.165, 1.54) is 6.07 Å². The number of hydrogen-bond donors (Lipinski definition) is 3. The van der Waals surface area contributed by atoms with Gasteiger partial charge in [0, 0.05) is 6.42 Å². The molecular formula is C23H25ClF3N3O5S2. The topological polar surface area (TPSA) is 129 Å². The van der Waals surface area contributed by atoms with Crippen molar-refractivity contribution in [3.63, 3.8) is 0 Å². The molecule has 0 radical (unpaired) electrons. The molecule has 2 aromatic heterocycles. The highest BCUT2D eigenvalue weighted by Gasteiger charge is 2.38. The van der Waals surface area contributed by atoms with E-state index in [-0.39, 0.29) is 9.99 Å². The Morgan fingerprint density at radius 2 is 1.78 bits per heavy atom. The molecule has 0 aliphatic heterocycles. The molecule has 37 heavy (non-hydrogen) atoms. The lowest BCUT2D eigenvalue weighted by Crippen LogP contribution is -2.29. The first-order chi connectivity index (χ1) is 17.3. The Morgan fingerprint density at radius 3 is 2.32 bits per heavy atom. The number of benzene rings is 1. The van der Waals surface area contributed by atoms with Crippen LogP contribution in [0.15, 0.2) is 52.9 Å². The minimum atomic E-state index is -5.08. The van der Waals surface area contributed by atoms with Gasteiger partial charge in [-0.1, -0.05) is 54.8 Å². The van der Waals surface area contributed by atoms with Crippen molar-refractivity contribution >= 4 is 44.7 Å². The Kier molecular flexibility index (Phi) is 11.3. The summed E-state index contributed by atoms with van der Waals surface area (Å²) in [7, 11) is -3.73. The van der Waals surface area contributed by atoms with Crippen LogP contribution in [0.25, 0.3) is 11.3 Å². The van der Waals surface area contributed by atoms with Gasteiger partial charge in [0.25, 0.3) is 10.0 Å². The second-order valence-electron chi connectivity index (χ2n) is 7.88. The van der Waals surface area contributed by atoms with E-state index in [1.54, 1.807) is 19.2 Å². The van der Waals surface area contributed by atoms with E-state index in [1.807, 2.05) is 30.3 Å². The Morgan fingerprint density at radius 1 is 1.14 bits per heavy atom. The number of carbonyl (C=O) groups excluding carboxylic acids is 1. The van der Waals surface area contributed by atoms with Crippen molar-refractivity contribution in [1.82, 2.24) is 14.7 Å². The quantitative estimate of drug-likeness (QED) is 0.240. The Hall–Kier alpha value is -2.74. The summed E-state index contributed by atoms with van der Waals surface area (Å²) in [6.07, 6.45) is 0.148. The summed E-state index contributed by atoms with van der Waals surface area (Å²) < 4.78 is 60.8. The lowest BCUT2D eigenvalue weighted by molar-refractivity contribution is -0.192. The molecular weight excluding hydrogens is 555 g/mol. The van der Waals surface area contributed by atoms with Crippen molar-refractivity contribution in [3.8, 4) is 11.3 Å². The highest BCUT2D eigenvalue weighted by molar-refractivity contribution is 7.91. The van der Waals surface area contributed by atoms with Gasteiger partial charge < -0.3 is 14.9 Å². The van der Waals surface area contributed by atoms with Crippen LogP contribution in [-0.2, 0) is 19.6 Å². The SMILES string of the molecule is CC(=O)CCCCC[C@H](NS(=O)(=O)c1ccc(Cl)s1)c1ncc(-c2ccccc2)[nH]1.O=C(O)C(F)(F)F. The summed E-state index contributed by atoms with van der Waals surface area (Å²) in [5, 5.41) is 7.12. The molecule has 3 rings (SSSR count). The van der Waals surface area contributed by atoms with E-state index < -0.39 is 28.2 Å². The number of nitrogens with zero attached hydrogens (tertiary/aromatic N) is 1. The van der Waals surface area contributed by atoms with Crippen molar-refractivity contribution in [2.24, 2.45) is 0 Å². The minimum absolute atomic E-state index is 0.167. The van der Waals surface area contributed by atoms with Crippen molar-refractivity contribution in [2.75, 3.05) is 0 Å². The van der Waals surface area contributed by atoms with E-state index in [9.17, 15) is 26.4 Å². The van der Waals surface area contributed by atoms with Gasteiger partial charge in [-0.05, 0) is 37.5 Å². The number of thiophene rings is 1. The fourth-order valence-electron chi connectivity index (χ4n) is 3.12. The molecule has 14 heteroatoms. The third kappa shape index (κ3) is 10.3. The second-order valence-corrected chi connectivity index (χ2v) is 11.5. The normalized spacial score (nSPS) is 12.5. The highest BCUT2D eigenvalue weighted by atomic mass is 35.5. The standard InChI is InChI=1S/C21H24ClN3O3S2.C2HF3O2/c1-15(26)8-4-2-7-11-17(25-30(27,28)20-13-12-19(22)29-20)21-23-14-18(24-21)16-9-5-3-6-10-16;3-2(4,5)1(6)7/h3,5-6,9-10,12-14,17,25H,2,4,7-8,11H2,1H3,(H,23,24);(H,6,7)/t17-;/m0./s1. The fourth-order valence-corrected chi connectivity index (χ4v) is 5.85. The van der Waals surface area contributed by atoms with Crippen LogP contribution in [0, 0.1) is 0 Å². The van der Waals surface area contributed by atoms with E-state index in [0.29, 0.717) is 23.0 Å². The van der Waals surface area contributed by atoms with Gasteiger partial charge in [-0.15, -0.1) is 11.3 Å². The average Bonchev–Trinajstić information content (AvgIpc) is 3.48. The van der Waals surface area contributed by atoms with E-state index in [2.05, 4.69) is 14.7 Å². The molecule has 202 valence electrons. The molecule has 1 aromatic carbocycles. The third-order valence-electron chi connectivity index (χ3n) is 4.89. The van der Waals surface area contributed by atoms with Crippen LogP contribution >= 0.6 is 22.9 Å². The van der Waals surface area contributed by atoms with Crippen molar-refractivity contribution in [1.29, 1.82) is 0 Å². The number of carbonyl (C=O) groups is 2. The lowest BCUT2D eigenvalue weighted by atomic mass is 10.1. The monoisotopic (exact) mass is 579 g/mol. The van der Waals surface area contributed by atoms with Gasteiger partial charge in [-0.3, -0.25) is 0 Å². The summed E-state index contributed by atoms with van der Waals surface area (Å²) in [5.74, 6) is -2.03. The summed E-state index contributed by atoms with van der Waals surface area (Å²) >= 11 is 6.93. The van der Waals surface area contributed by atoms with Crippen molar-refractivity contribution < 1.29 is 36.3 Å².